The van der Waals surface area contributed by atoms with Gasteiger partial charge in [0.2, 0.25) is 0 Å². The summed E-state index contributed by atoms with van der Waals surface area (Å²) in [5.74, 6) is -1.18. The van der Waals surface area contributed by atoms with Gasteiger partial charge in [0.1, 0.15) is 17.0 Å². The Labute approximate surface area is 238 Å². The average molecular weight is 600 g/mol. The normalized spacial score (nSPS) is 15.4. The number of aromatic nitrogens is 1. The number of hydrogen-bond donors (Lipinski definition) is 3. The number of alkyl halides is 3. The Morgan fingerprint density at radius 1 is 1.10 bits per heavy atom. The summed E-state index contributed by atoms with van der Waals surface area (Å²) in [7, 11) is 0. The van der Waals surface area contributed by atoms with Gasteiger partial charge < -0.3 is 20.9 Å². The van der Waals surface area contributed by atoms with Crippen molar-refractivity contribution >= 4 is 29.1 Å². The Kier molecular flexibility index (Phi) is 8.38. The fraction of sp³-hybridized carbons (Fsp3) is 0.357. The lowest BCUT2D eigenvalue weighted by Gasteiger charge is -2.35. The van der Waals surface area contributed by atoms with Crippen molar-refractivity contribution in [2.24, 2.45) is 5.73 Å². The predicted molar refractivity (Wildman–Crippen MR) is 144 cm³/mol. The fourth-order valence-electron chi connectivity index (χ4n) is 3.95. The van der Waals surface area contributed by atoms with E-state index < -0.39 is 47.7 Å². The molecule has 0 bridgehead atoms. The highest BCUT2D eigenvalue weighted by Gasteiger charge is 2.57. The topological polar surface area (TPSA) is 97.5 Å². The number of halogens is 6. The maximum atomic E-state index is 14.7. The molecular weight excluding hydrogens is 573 g/mol. The molecule has 1 unspecified atom stereocenters. The SMILES string of the molecule is CC(C)(N)c1cc(-c2ccc(F)c(Cl)c2)nc(C(CO)(CNC(=O)c2ccc(OC3CC3)c(Cl)c2)C(F)(F)F)c1. The van der Waals surface area contributed by atoms with Crippen molar-refractivity contribution in [1.82, 2.24) is 10.3 Å². The van der Waals surface area contributed by atoms with Crippen LogP contribution in [0, 0.1) is 5.82 Å². The third-order valence-corrected chi connectivity index (χ3v) is 7.24. The number of nitrogens with one attached hydrogen (secondary N) is 1. The van der Waals surface area contributed by atoms with Crippen LogP contribution in [0.3, 0.4) is 0 Å². The number of rotatable bonds is 9. The van der Waals surface area contributed by atoms with Crippen molar-refractivity contribution in [3.63, 3.8) is 0 Å². The Bertz CT molecular complexity index is 1420. The van der Waals surface area contributed by atoms with Crippen molar-refractivity contribution < 1.29 is 32.2 Å². The number of ether oxygens (including phenoxy) is 1. The summed E-state index contributed by atoms with van der Waals surface area (Å²) in [6.45, 7) is 0.694. The van der Waals surface area contributed by atoms with E-state index in [4.69, 9.17) is 33.7 Å². The summed E-state index contributed by atoms with van der Waals surface area (Å²) < 4.78 is 63.6. The van der Waals surface area contributed by atoms with E-state index in [9.17, 15) is 27.5 Å². The number of nitrogens with two attached hydrogens (primary N) is 1. The van der Waals surface area contributed by atoms with Gasteiger partial charge in [-0.3, -0.25) is 9.78 Å². The number of pyridine rings is 1. The van der Waals surface area contributed by atoms with E-state index in [0.717, 1.165) is 25.0 Å². The monoisotopic (exact) mass is 599 g/mol. The molecule has 1 fully saturated rings. The average Bonchev–Trinajstić information content (AvgIpc) is 3.70. The van der Waals surface area contributed by atoms with Gasteiger partial charge in [-0.1, -0.05) is 23.2 Å². The van der Waals surface area contributed by atoms with Gasteiger partial charge in [0.25, 0.3) is 5.91 Å². The summed E-state index contributed by atoms with van der Waals surface area (Å²) in [5, 5.41) is 12.4. The molecule has 0 radical (unpaired) electrons. The number of aliphatic hydroxyl groups is 1. The molecule has 214 valence electrons. The maximum Gasteiger partial charge on any atom is 0.403 e. The molecular formula is C28H27Cl2F4N3O3. The molecule has 6 nitrogen and oxygen atoms in total. The number of amides is 1. The number of benzene rings is 2. The lowest BCUT2D eigenvalue weighted by atomic mass is 9.81. The molecule has 4 N–H and O–H groups in total. The van der Waals surface area contributed by atoms with Crippen LogP contribution < -0.4 is 15.8 Å². The predicted octanol–water partition coefficient (Wildman–Crippen LogP) is 6.15. The summed E-state index contributed by atoms with van der Waals surface area (Å²) in [6, 6.07) is 10.4. The maximum absolute atomic E-state index is 14.7. The molecule has 1 heterocycles. The van der Waals surface area contributed by atoms with Crippen LogP contribution in [-0.2, 0) is 11.0 Å². The molecule has 1 atom stereocenters. The molecule has 3 aromatic rings. The minimum absolute atomic E-state index is 0.00797. The molecule has 1 amide bonds. The van der Waals surface area contributed by atoms with Gasteiger partial charge in [-0.2, -0.15) is 13.2 Å². The van der Waals surface area contributed by atoms with Crippen LogP contribution >= 0.6 is 23.2 Å². The van der Waals surface area contributed by atoms with Crippen LogP contribution in [0.2, 0.25) is 10.0 Å². The van der Waals surface area contributed by atoms with E-state index >= 15 is 0 Å². The van der Waals surface area contributed by atoms with Gasteiger partial charge in [-0.05, 0) is 80.8 Å². The zero-order chi connectivity index (χ0) is 29.5. The molecule has 40 heavy (non-hydrogen) atoms. The molecule has 12 heteroatoms. The summed E-state index contributed by atoms with van der Waals surface area (Å²) >= 11 is 12.1. The van der Waals surface area contributed by atoms with Crippen molar-refractivity contribution in [3.05, 3.63) is 81.2 Å². The van der Waals surface area contributed by atoms with Crippen LogP contribution in [0.15, 0.2) is 48.5 Å². The molecule has 0 aliphatic heterocycles. The molecule has 0 spiro atoms. The van der Waals surface area contributed by atoms with Gasteiger partial charge >= 0.3 is 6.18 Å². The molecule has 0 saturated heterocycles. The van der Waals surface area contributed by atoms with Crippen molar-refractivity contribution in [1.29, 1.82) is 0 Å². The zero-order valence-electron chi connectivity index (χ0n) is 21.6. The van der Waals surface area contributed by atoms with E-state index in [1.165, 1.54) is 36.4 Å². The first-order chi connectivity index (χ1) is 18.6. The Balaban J connectivity index is 1.72. The van der Waals surface area contributed by atoms with Crippen LogP contribution in [0.1, 0.15) is 48.3 Å². The van der Waals surface area contributed by atoms with Crippen molar-refractivity contribution in [2.45, 2.75) is 49.9 Å². The second-order valence-corrected chi connectivity index (χ2v) is 11.2. The molecule has 1 aliphatic rings. The largest absolute Gasteiger partial charge is 0.489 e. The lowest BCUT2D eigenvalue weighted by molar-refractivity contribution is -0.200. The van der Waals surface area contributed by atoms with Gasteiger partial charge in [0.05, 0.1) is 34.1 Å². The fourth-order valence-corrected chi connectivity index (χ4v) is 4.36. The van der Waals surface area contributed by atoms with Gasteiger partial charge in [0, 0.05) is 23.2 Å². The molecule has 1 aromatic heterocycles. The standard InChI is InChI=1S/C28H27Cl2F4N3O3/c1-26(2,35)17-11-22(15-3-7-21(31)19(29)9-15)37-24(12-17)27(14-38,28(32,33)34)13-36-25(39)16-4-8-23(20(30)10-16)40-18-5-6-18/h3-4,7-12,18,38H,5-6,13-14,35H2,1-2H3,(H,36,39). The molecule has 4 rings (SSSR count). The summed E-state index contributed by atoms with van der Waals surface area (Å²) in [6.07, 6.45) is -3.21. The first-order valence-electron chi connectivity index (χ1n) is 12.3. The number of carbonyl (C=O) groups excluding carboxylic acids is 1. The van der Waals surface area contributed by atoms with Crippen LogP contribution in [0.25, 0.3) is 11.3 Å². The lowest BCUT2D eigenvalue weighted by Crippen LogP contribution is -2.54. The first kappa shape index (κ1) is 30.0. The Morgan fingerprint density at radius 3 is 2.35 bits per heavy atom. The minimum atomic E-state index is -5.06. The van der Waals surface area contributed by atoms with E-state index in [1.54, 1.807) is 13.8 Å². The Morgan fingerprint density at radius 2 is 1.80 bits per heavy atom. The first-order valence-corrected chi connectivity index (χ1v) is 13.1. The van der Waals surface area contributed by atoms with Crippen molar-refractivity contribution in [3.8, 4) is 17.0 Å². The third kappa shape index (κ3) is 6.35. The quantitative estimate of drug-likeness (QED) is 0.256. The third-order valence-electron chi connectivity index (χ3n) is 6.65. The van der Waals surface area contributed by atoms with Gasteiger partial charge in [0.15, 0.2) is 0 Å². The highest BCUT2D eigenvalue weighted by molar-refractivity contribution is 6.32. The van der Waals surface area contributed by atoms with E-state index in [-0.39, 0.29) is 38.5 Å². The number of aliphatic hydroxyl groups excluding tert-OH is 1. The minimum Gasteiger partial charge on any atom is -0.489 e. The summed E-state index contributed by atoms with van der Waals surface area (Å²) in [5.41, 5.74) is 2.05. The second-order valence-electron chi connectivity index (χ2n) is 10.4. The molecule has 1 saturated carbocycles. The number of hydrogen-bond acceptors (Lipinski definition) is 5. The van der Waals surface area contributed by atoms with Crippen LogP contribution in [0.4, 0.5) is 17.6 Å². The van der Waals surface area contributed by atoms with Crippen LogP contribution in [0.5, 0.6) is 5.75 Å². The smallest absolute Gasteiger partial charge is 0.403 e. The second kappa shape index (κ2) is 11.2. The zero-order valence-corrected chi connectivity index (χ0v) is 23.1. The van der Waals surface area contributed by atoms with Crippen molar-refractivity contribution in [2.75, 3.05) is 13.2 Å². The summed E-state index contributed by atoms with van der Waals surface area (Å²) in [4.78, 5) is 17.1. The molecule has 2 aromatic carbocycles. The van der Waals surface area contributed by atoms with Crippen LogP contribution in [-0.4, -0.2) is 41.4 Å². The van der Waals surface area contributed by atoms with Gasteiger partial charge in [-0.25, -0.2) is 4.39 Å². The van der Waals surface area contributed by atoms with Gasteiger partial charge in [-0.15, -0.1) is 0 Å². The van der Waals surface area contributed by atoms with E-state index in [1.807, 2.05) is 0 Å². The van der Waals surface area contributed by atoms with E-state index in [0.29, 0.717) is 5.75 Å². The highest BCUT2D eigenvalue weighted by atomic mass is 35.5. The number of nitrogens with zero attached hydrogens (tertiary/aromatic N) is 1. The number of carbonyl (C=O) groups is 1. The Hall–Kier alpha value is -2.92. The van der Waals surface area contributed by atoms with E-state index in [2.05, 4.69) is 10.3 Å². The highest BCUT2D eigenvalue weighted by Crippen LogP contribution is 2.42. The molecule has 1 aliphatic carbocycles.